The van der Waals surface area contributed by atoms with E-state index in [1.807, 2.05) is 0 Å². The maximum absolute atomic E-state index is 13.8. The highest BCUT2D eigenvalue weighted by Gasteiger charge is 2.74. The van der Waals surface area contributed by atoms with Crippen molar-refractivity contribution in [2.45, 2.75) is 49.4 Å². The van der Waals surface area contributed by atoms with Gasteiger partial charge in [0.25, 0.3) is 0 Å². The molecule has 5 fully saturated rings. The molecule has 7 nitrogen and oxygen atoms in total. The van der Waals surface area contributed by atoms with Gasteiger partial charge in [0.15, 0.2) is 11.5 Å². The van der Waals surface area contributed by atoms with Gasteiger partial charge in [0, 0.05) is 30.2 Å². The summed E-state index contributed by atoms with van der Waals surface area (Å²) in [6, 6.07) is 13.1. The number of nitrogens with one attached hydrogen (secondary N) is 1. The lowest BCUT2D eigenvalue weighted by Gasteiger charge is -2.57. The first kappa shape index (κ1) is 22.0. The Bertz CT molecular complexity index is 1270. The molecule has 0 radical (unpaired) electrons. The van der Waals surface area contributed by atoms with Crippen molar-refractivity contribution in [3.05, 3.63) is 59.2 Å². The molecule has 1 saturated carbocycles. The third-order valence-electron chi connectivity index (χ3n) is 9.69. The van der Waals surface area contributed by atoms with Crippen LogP contribution in [0.25, 0.3) is 0 Å². The van der Waals surface area contributed by atoms with E-state index in [0.29, 0.717) is 40.8 Å². The standard InChI is InChI=1S/C29H32N2O5/c1-5-15-14-31-20-12-17(15)24-21(31)13-29(18-8-6-7-9-19(18)30-26(20)29)27(24)36-28(32)16-10-22(33-2)25(35-4)23(11-16)34-3/h5-11,17,20-21,24,26-27,30H,12-14H2,1-4H3. The van der Waals surface area contributed by atoms with E-state index in [4.69, 9.17) is 18.9 Å². The second kappa shape index (κ2) is 7.65. The number of nitrogens with zero attached hydrogens (tertiary/aromatic N) is 1. The molecule has 7 heteroatoms. The summed E-state index contributed by atoms with van der Waals surface area (Å²) in [7, 11) is 4.67. The molecule has 6 bridgehead atoms. The number of carbonyl (C=O) groups excluding carboxylic acids is 1. The maximum Gasteiger partial charge on any atom is 0.338 e. The largest absolute Gasteiger partial charge is 0.493 e. The number of anilines is 1. The maximum atomic E-state index is 13.8. The summed E-state index contributed by atoms with van der Waals surface area (Å²) in [5, 5.41) is 3.89. The summed E-state index contributed by atoms with van der Waals surface area (Å²) in [6.07, 6.45) is 4.21. The first-order valence-electron chi connectivity index (χ1n) is 12.8. The number of hydrogen-bond acceptors (Lipinski definition) is 7. The van der Waals surface area contributed by atoms with Crippen molar-refractivity contribution in [2.24, 2.45) is 11.8 Å². The van der Waals surface area contributed by atoms with Gasteiger partial charge in [0.2, 0.25) is 5.75 Å². The van der Waals surface area contributed by atoms with Crippen LogP contribution in [0.3, 0.4) is 0 Å². The van der Waals surface area contributed by atoms with Crippen LogP contribution in [-0.4, -0.2) is 63.0 Å². The summed E-state index contributed by atoms with van der Waals surface area (Å²) in [4.78, 5) is 16.5. The predicted molar refractivity (Wildman–Crippen MR) is 135 cm³/mol. The van der Waals surface area contributed by atoms with E-state index in [9.17, 15) is 4.79 Å². The van der Waals surface area contributed by atoms with Gasteiger partial charge in [0.05, 0.1) is 38.3 Å². The number of methoxy groups -OCH3 is 3. The van der Waals surface area contributed by atoms with Crippen LogP contribution in [0.15, 0.2) is 48.0 Å². The minimum Gasteiger partial charge on any atom is -0.493 e. The second-order valence-electron chi connectivity index (χ2n) is 10.7. The van der Waals surface area contributed by atoms with Crippen LogP contribution < -0.4 is 19.5 Å². The van der Waals surface area contributed by atoms with E-state index in [1.54, 1.807) is 33.5 Å². The van der Waals surface area contributed by atoms with Crippen LogP contribution >= 0.6 is 0 Å². The van der Waals surface area contributed by atoms with Crippen molar-refractivity contribution in [1.82, 2.24) is 4.90 Å². The topological polar surface area (TPSA) is 69.3 Å². The summed E-state index contributed by atoms with van der Waals surface area (Å²) < 4.78 is 23.1. The molecule has 0 aromatic heterocycles. The SMILES string of the molecule is CC=C1CN2C3CC45c6ccccc6NC4C2CC1C3C5OC(=O)c1cc(OC)c(OC)c(OC)c1. The molecule has 5 aliphatic heterocycles. The number of benzene rings is 2. The molecule has 36 heavy (non-hydrogen) atoms. The van der Waals surface area contributed by atoms with E-state index in [2.05, 4.69) is 47.5 Å². The molecule has 1 N–H and O–H groups in total. The van der Waals surface area contributed by atoms with Gasteiger partial charge in [-0.15, -0.1) is 0 Å². The van der Waals surface area contributed by atoms with Gasteiger partial charge in [0.1, 0.15) is 6.10 Å². The van der Waals surface area contributed by atoms with Crippen LogP contribution in [0.5, 0.6) is 17.2 Å². The predicted octanol–water partition coefficient (Wildman–Crippen LogP) is 4.02. The van der Waals surface area contributed by atoms with Gasteiger partial charge in [-0.1, -0.05) is 29.8 Å². The van der Waals surface area contributed by atoms with Crippen molar-refractivity contribution in [2.75, 3.05) is 33.2 Å². The Kier molecular flexibility index (Phi) is 4.69. The Labute approximate surface area is 211 Å². The van der Waals surface area contributed by atoms with Crippen LogP contribution in [-0.2, 0) is 10.2 Å². The number of carbonyl (C=O) groups is 1. The lowest BCUT2D eigenvalue weighted by molar-refractivity contribution is -0.0374. The van der Waals surface area contributed by atoms with Crippen LogP contribution in [0.2, 0.25) is 0 Å². The molecule has 6 aliphatic rings. The molecule has 4 saturated heterocycles. The molecule has 8 rings (SSSR count). The highest BCUT2D eigenvalue weighted by molar-refractivity contribution is 5.91. The highest BCUT2D eigenvalue weighted by atomic mass is 16.5. The van der Waals surface area contributed by atoms with Gasteiger partial charge in [-0.3, -0.25) is 4.90 Å². The number of esters is 1. The third kappa shape index (κ3) is 2.59. The highest BCUT2D eigenvalue weighted by Crippen LogP contribution is 2.67. The fourth-order valence-electron chi connectivity index (χ4n) is 8.41. The van der Waals surface area contributed by atoms with Crippen LogP contribution in [0, 0.1) is 11.8 Å². The Morgan fingerprint density at radius 3 is 2.53 bits per heavy atom. The fraction of sp³-hybridized carbons (Fsp3) is 0.483. The molecule has 1 spiro atoms. The monoisotopic (exact) mass is 488 g/mol. The molecule has 188 valence electrons. The van der Waals surface area contributed by atoms with Crippen molar-refractivity contribution < 1.29 is 23.7 Å². The average Bonchev–Trinajstić information content (AvgIpc) is 3.40. The van der Waals surface area contributed by atoms with Gasteiger partial charge in [-0.05, 0) is 49.4 Å². The Balaban J connectivity index is 1.34. The van der Waals surface area contributed by atoms with Gasteiger partial charge < -0.3 is 24.3 Å². The summed E-state index contributed by atoms with van der Waals surface area (Å²) in [5.41, 5.74) is 4.17. The minimum atomic E-state index is -0.347. The molecule has 2 aromatic rings. The molecule has 0 amide bonds. The van der Waals surface area contributed by atoms with E-state index in [0.717, 1.165) is 19.4 Å². The lowest BCUT2D eigenvalue weighted by atomic mass is 9.65. The number of hydrogen-bond donors (Lipinski definition) is 1. The van der Waals surface area contributed by atoms with Crippen molar-refractivity contribution >= 4 is 11.7 Å². The molecular formula is C29H32N2O5. The number of para-hydroxylation sites is 1. The molecule has 1 aliphatic carbocycles. The van der Waals surface area contributed by atoms with Crippen molar-refractivity contribution in [3.63, 3.8) is 0 Å². The average molecular weight is 489 g/mol. The van der Waals surface area contributed by atoms with Gasteiger partial charge in [-0.2, -0.15) is 0 Å². The van der Waals surface area contributed by atoms with E-state index in [-0.39, 0.29) is 29.4 Å². The van der Waals surface area contributed by atoms with Crippen molar-refractivity contribution in [3.8, 4) is 17.2 Å². The summed E-state index contributed by atoms with van der Waals surface area (Å²) in [6.45, 7) is 3.18. The van der Waals surface area contributed by atoms with E-state index in [1.165, 1.54) is 16.8 Å². The lowest BCUT2D eigenvalue weighted by Crippen LogP contribution is -2.66. The molecule has 8 unspecified atom stereocenters. The van der Waals surface area contributed by atoms with Crippen LogP contribution in [0.4, 0.5) is 5.69 Å². The zero-order valence-corrected chi connectivity index (χ0v) is 21.1. The quantitative estimate of drug-likeness (QED) is 0.504. The van der Waals surface area contributed by atoms with Gasteiger partial charge in [-0.25, -0.2) is 4.79 Å². The fourth-order valence-corrected chi connectivity index (χ4v) is 8.41. The molecule has 5 heterocycles. The van der Waals surface area contributed by atoms with Crippen molar-refractivity contribution in [1.29, 1.82) is 0 Å². The van der Waals surface area contributed by atoms with E-state index >= 15 is 0 Å². The Morgan fingerprint density at radius 2 is 1.83 bits per heavy atom. The molecular weight excluding hydrogens is 456 g/mol. The normalized spacial score (nSPS) is 37.3. The smallest absolute Gasteiger partial charge is 0.338 e. The van der Waals surface area contributed by atoms with Crippen LogP contribution in [0.1, 0.15) is 35.7 Å². The first-order chi connectivity index (χ1) is 17.5. The summed E-state index contributed by atoms with van der Waals surface area (Å²) in [5.74, 6) is 1.74. The Hall–Kier alpha value is -3.19. The zero-order chi connectivity index (χ0) is 24.8. The third-order valence-corrected chi connectivity index (χ3v) is 9.69. The Morgan fingerprint density at radius 1 is 1.08 bits per heavy atom. The number of piperidine rings is 4. The number of rotatable bonds is 5. The first-order valence-corrected chi connectivity index (χ1v) is 12.8. The number of ether oxygens (including phenoxy) is 4. The van der Waals surface area contributed by atoms with Gasteiger partial charge >= 0.3 is 5.97 Å². The van der Waals surface area contributed by atoms with E-state index < -0.39 is 0 Å². The number of fused-ring (bicyclic) bond motifs is 2. The zero-order valence-electron chi connectivity index (χ0n) is 21.1. The number of allylic oxidation sites excluding steroid dienone is 1. The molecule has 2 aromatic carbocycles. The molecule has 8 atom stereocenters. The summed E-state index contributed by atoms with van der Waals surface area (Å²) >= 11 is 0. The minimum absolute atomic E-state index is 0.217. The second-order valence-corrected chi connectivity index (χ2v) is 10.7.